The second kappa shape index (κ2) is 6.25. The summed E-state index contributed by atoms with van der Waals surface area (Å²) in [6.07, 6.45) is 4.28. The van der Waals surface area contributed by atoms with Crippen molar-refractivity contribution in [2.75, 3.05) is 26.7 Å². The van der Waals surface area contributed by atoms with Crippen LogP contribution in [-0.4, -0.2) is 31.6 Å². The van der Waals surface area contributed by atoms with Crippen LogP contribution in [0.15, 0.2) is 24.3 Å². The summed E-state index contributed by atoms with van der Waals surface area (Å²) in [5.41, 5.74) is 8.65. The van der Waals surface area contributed by atoms with E-state index in [9.17, 15) is 0 Å². The van der Waals surface area contributed by atoms with Gasteiger partial charge in [0, 0.05) is 32.8 Å². The third kappa shape index (κ3) is 2.76. The Morgan fingerprint density at radius 2 is 1.85 bits per heavy atom. The molecule has 0 bridgehead atoms. The summed E-state index contributed by atoms with van der Waals surface area (Å²) < 4.78 is 5.17. The highest BCUT2D eigenvalue weighted by atomic mass is 16.5. The topological polar surface area (TPSA) is 38.5 Å². The van der Waals surface area contributed by atoms with Gasteiger partial charge in [-0.15, -0.1) is 0 Å². The maximum Gasteiger partial charge on any atom is 0.0713 e. The molecule has 0 spiro atoms. The van der Waals surface area contributed by atoms with Crippen LogP contribution >= 0.6 is 0 Å². The highest BCUT2D eigenvalue weighted by molar-refractivity contribution is 5.25. The Balaban J connectivity index is 1.70. The van der Waals surface area contributed by atoms with E-state index in [1.807, 2.05) is 0 Å². The van der Waals surface area contributed by atoms with Crippen molar-refractivity contribution in [3.8, 4) is 0 Å². The van der Waals surface area contributed by atoms with E-state index in [0.717, 1.165) is 11.8 Å². The zero-order valence-corrected chi connectivity index (χ0v) is 12.4. The van der Waals surface area contributed by atoms with Gasteiger partial charge in [0.1, 0.15) is 0 Å². The first kappa shape index (κ1) is 14.1. The molecule has 3 heteroatoms. The van der Waals surface area contributed by atoms with Gasteiger partial charge >= 0.3 is 0 Å². The lowest BCUT2D eigenvalue weighted by atomic mass is 10.0. The number of likely N-dealkylation sites (tertiary alicyclic amines) is 1. The van der Waals surface area contributed by atoms with Crippen LogP contribution in [0.2, 0.25) is 0 Å². The highest BCUT2D eigenvalue weighted by Crippen LogP contribution is 2.40. The molecule has 1 aromatic carbocycles. The van der Waals surface area contributed by atoms with Crippen molar-refractivity contribution in [2.24, 2.45) is 17.6 Å². The predicted molar refractivity (Wildman–Crippen MR) is 81.4 cm³/mol. The summed E-state index contributed by atoms with van der Waals surface area (Å²) in [4.78, 5) is 2.61. The Bertz CT molecular complexity index is 419. The zero-order valence-electron chi connectivity index (χ0n) is 12.4. The van der Waals surface area contributed by atoms with E-state index in [2.05, 4.69) is 29.2 Å². The Morgan fingerprint density at radius 1 is 1.20 bits per heavy atom. The molecule has 1 saturated carbocycles. The van der Waals surface area contributed by atoms with Gasteiger partial charge in [-0.3, -0.25) is 4.90 Å². The number of nitrogens with two attached hydrogens (primary N) is 1. The minimum atomic E-state index is 0.386. The number of nitrogens with zero attached hydrogens (tertiary/aromatic N) is 1. The predicted octanol–water partition coefficient (Wildman–Crippen LogP) is 2.56. The molecule has 0 radical (unpaired) electrons. The Hall–Kier alpha value is -0.900. The first-order valence-corrected chi connectivity index (χ1v) is 7.83. The lowest BCUT2D eigenvalue weighted by molar-refractivity contribution is 0.185. The molecule has 2 N–H and O–H groups in total. The highest BCUT2D eigenvalue weighted by Gasteiger charge is 2.38. The van der Waals surface area contributed by atoms with E-state index in [4.69, 9.17) is 10.5 Å². The van der Waals surface area contributed by atoms with Crippen LogP contribution in [0.1, 0.15) is 36.4 Å². The molecule has 0 amide bonds. The SMILES string of the molecule is COCc1ccc(C(CN)N2CC3CCCC3C2)cc1. The first-order valence-electron chi connectivity index (χ1n) is 7.83. The van der Waals surface area contributed by atoms with E-state index in [1.54, 1.807) is 7.11 Å². The number of rotatable bonds is 5. The van der Waals surface area contributed by atoms with Crippen LogP contribution in [0.5, 0.6) is 0 Å². The van der Waals surface area contributed by atoms with Gasteiger partial charge in [0.15, 0.2) is 0 Å². The van der Waals surface area contributed by atoms with Crippen LogP contribution in [0.25, 0.3) is 0 Å². The summed E-state index contributed by atoms with van der Waals surface area (Å²) in [7, 11) is 1.74. The van der Waals surface area contributed by atoms with Crippen molar-refractivity contribution < 1.29 is 4.74 Å². The molecule has 2 aliphatic rings. The van der Waals surface area contributed by atoms with Crippen LogP contribution in [0.4, 0.5) is 0 Å². The number of benzene rings is 1. The normalized spacial score (nSPS) is 27.7. The summed E-state index contributed by atoms with van der Waals surface area (Å²) in [6.45, 7) is 3.88. The second-order valence-corrected chi connectivity index (χ2v) is 6.33. The monoisotopic (exact) mass is 274 g/mol. The minimum Gasteiger partial charge on any atom is -0.380 e. The van der Waals surface area contributed by atoms with Crippen LogP contribution in [0, 0.1) is 11.8 Å². The molecule has 20 heavy (non-hydrogen) atoms. The van der Waals surface area contributed by atoms with Crippen molar-refractivity contribution in [1.29, 1.82) is 0 Å². The molecule has 3 unspecified atom stereocenters. The largest absolute Gasteiger partial charge is 0.380 e. The molecule has 1 aliphatic heterocycles. The number of fused-ring (bicyclic) bond motifs is 1. The Morgan fingerprint density at radius 3 is 2.40 bits per heavy atom. The fourth-order valence-corrected chi connectivity index (χ4v) is 4.02. The molecule has 1 saturated heterocycles. The lowest BCUT2D eigenvalue weighted by Crippen LogP contribution is -2.32. The van der Waals surface area contributed by atoms with Crippen molar-refractivity contribution in [2.45, 2.75) is 31.9 Å². The molecule has 3 atom stereocenters. The van der Waals surface area contributed by atoms with E-state index in [-0.39, 0.29) is 0 Å². The van der Waals surface area contributed by atoms with E-state index < -0.39 is 0 Å². The van der Waals surface area contributed by atoms with E-state index in [1.165, 1.54) is 43.5 Å². The van der Waals surface area contributed by atoms with Crippen molar-refractivity contribution >= 4 is 0 Å². The molecule has 1 aromatic rings. The fourth-order valence-electron chi connectivity index (χ4n) is 4.02. The third-order valence-corrected chi connectivity index (χ3v) is 5.09. The quantitative estimate of drug-likeness (QED) is 0.897. The van der Waals surface area contributed by atoms with Gasteiger partial charge in [0.05, 0.1) is 6.61 Å². The second-order valence-electron chi connectivity index (χ2n) is 6.33. The molecule has 110 valence electrons. The molecule has 1 heterocycles. The molecule has 3 rings (SSSR count). The maximum atomic E-state index is 6.07. The zero-order chi connectivity index (χ0) is 13.9. The number of hydrogen-bond donors (Lipinski definition) is 1. The van der Waals surface area contributed by atoms with Crippen molar-refractivity contribution in [3.63, 3.8) is 0 Å². The molecule has 1 aliphatic carbocycles. The smallest absolute Gasteiger partial charge is 0.0713 e. The van der Waals surface area contributed by atoms with Crippen molar-refractivity contribution in [3.05, 3.63) is 35.4 Å². The number of ether oxygens (including phenoxy) is 1. The van der Waals surface area contributed by atoms with Crippen LogP contribution in [-0.2, 0) is 11.3 Å². The molecule has 3 nitrogen and oxygen atoms in total. The van der Waals surface area contributed by atoms with Gasteiger partial charge in [-0.25, -0.2) is 0 Å². The van der Waals surface area contributed by atoms with Gasteiger partial charge < -0.3 is 10.5 Å². The van der Waals surface area contributed by atoms with Gasteiger partial charge in [0.25, 0.3) is 0 Å². The number of methoxy groups -OCH3 is 1. The molecular formula is C17H26N2O. The molecular weight excluding hydrogens is 248 g/mol. The summed E-state index contributed by atoms with van der Waals surface area (Å²) in [6, 6.07) is 9.16. The maximum absolute atomic E-state index is 6.07. The van der Waals surface area contributed by atoms with Crippen LogP contribution in [0.3, 0.4) is 0 Å². The average molecular weight is 274 g/mol. The average Bonchev–Trinajstić information content (AvgIpc) is 3.03. The Labute approximate surface area is 122 Å². The molecule has 0 aromatic heterocycles. The van der Waals surface area contributed by atoms with Gasteiger partial charge in [-0.1, -0.05) is 30.7 Å². The van der Waals surface area contributed by atoms with Crippen molar-refractivity contribution in [1.82, 2.24) is 4.90 Å². The third-order valence-electron chi connectivity index (χ3n) is 5.09. The van der Waals surface area contributed by atoms with E-state index in [0.29, 0.717) is 19.2 Å². The summed E-state index contributed by atoms with van der Waals surface area (Å²) in [5, 5.41) is 0. The van der Waals surface area contributed by atoms with Gasteiger partial charge in [-0.05, 0) is 35.8 Å². The number of hydrogen-bond acceptors (Lipinski definition) is 3. The minimum absolute atomic E-state index is 0.386. The standard InChI is InChI=1S/C17H26N2O/c1-20-12-13-5-7-14(8-6-13)17(9-18)19-10-15-3-2-4-16(15)11-19/h5-8,15-17H,2-4,9-12,18H2,1H3. The van der Waals surface area contributed by atoms with E-state index >= 15 is 0 Å². The summed E-state index contributed by atoms with van der Waals surface area (Å²) >= 11 is 0. The molecule has 2 fully saturated rings. The van der Waals surface area contributed by atoms with Gasteiger partial charge in [-0.2, -0.15) is 0 Å². The Kier molecular flexibility index (Phi) is 4.39. The van der Waals surface area contributed by atoms with Gasteiger partial charge in [0.2, 0.25) is 0 Å². The first-order chi connectivity index (χ1) is 9.81. The van der Waals surface area contributed by atoms with Crippen LogP contribution < -0.4 is 5.73 Å². The summed E-state index contributed by atoms with van der Waals surface area (Å²) in [5.74, 6) is 1.86. The lowest BCUT2D eigenvalue weighted by Gasteiger charge is -2.28. The fraction of sp³-hybridized carbons (Fsp3) is 0.647.